The predicted molar refractivity (Wildman–Crippen MR) is 85.6 cm³/mol. The molecule has 0 unspecified atom stereocenters. The van der Waals surface area contributed by atoms with E-state index < -0.39 is 28.4 Å². The number of ketones is 1. The van der Waals surface area contributed by atoms with E-state index >= 15 is 0 Å². The third-order valence-corrected chi connectivity index (χ3v) is 3.93. The van der Waals surface area contributed by atoms with Gasteiger partial charge >= 0.3 is 0 Å². The number of nitrogens with zero attached hydrogens (tertiary/aromatic N) is 2. The smallest absolute Gasteiger partial charge is 0.290 e. The molecule has 1 atom stereocenters. The summed E-state index contributed by atoms with van der Waals surface area (Å²) in [6.07, 6.45) is 0. The quantitative estimate of drug-likeness (QED) is 0.564. The lowest BCUT2D eigenvalue weighted by Gasteiger charge is -2.26. The first-order valence-corrected chi connectivity index (χ1v) is 7.52. The van der Waals surface area contributed by atoms with Gasteiger partial charge in [0.15, 0.2) is 11.5 Å². The van der Waals surface area contributed by atoms with Crippen molar-refractivity contribution >= 4 is 17.4 Å². The van der Waals surface area contributed by atoms with Gasteiger partial charge in [0.1, 0.15) is 0 Å². The lowest BCUT2D eigenvalue weighted by Crippen LogP contribution is -3.06. The molecule has 1 aliphatic rings. The minimum absolute atomic E-state index is 0.0192. The Morgan fingerprint density at radius 3 is 2.62 bits per heavy atom. The molecule has 8 nitrogen and oxygen atoms in total. The fraction of sp³-hybridized carbons (Fsp3) is 0.375. The first kappa shape index (κ1) is 17.6. The number of aliphatic hydroxyl groups excluding tert-OH is 1. The summed E-state index contributed by atoms with van der Waals surface area (Å²) in [7, 11) is 3.84. The van der Waals surface area contributed by atoms with Gasteiger partial charge < -0.3 is 14.9 Å². The van der Waals surface area contributed by atoms with E-state index in [2.05, 4.69) is 0 Å². The van der Waals surface area contributed by atoms with Gasteiger partial charge in [0, 0.05) is 12.1 Å². The number of hydrogen-bond donors (Lipinski definition) is 2. The molecule has 1 aromatic rings. The van der Waals surface area contributed by atoms with Gasteiger partial charge in [0.25, 0.3) is 11.6 Å². The Balaban J connectivity index is 2.50. The maximum absolute atomic E-state index is 12.4. The molecule has 2 rings (SSSR count). The van der Waals surface area contributed by atoms with Crippen LogP contribution in [0.1, 0.15) is 18.5 Å². The number of aliphatic hydroxyl groups is 1. The maximum atomic E-state index is 12.4. The van der Waals surface area contributed by atoms with E-state index in [9.17, 15) is 24.8 Å². The molecule has 1 heterocycles. The number of nitro groups is 1. The molecular formula is C16H20N3O5+. The predicted octanol–water partition coefficient (Wildman–Crippen LogP) is 0.0237. The second-order valence-corrected chi connectivity index (χ2v) is 6.03. The zero-order valence-electron chi connectivity index (χ0n) is 13.8. The van der Waals surface area contributed by atoms with Crippen LogP contribution in [0.25, 0.3) is 0 Å². The van der Waals surface area contributed by atoms with Crippen LogP contribution in [0.15, 0.2) is 35.6 Å². The van der Waals surface area contributed by atoms with Crippen LogP contribution in [0.3, 0.4) is 0 Å². The molecule has 8 heteroatoms. The number of non-ortho nitro benzene ring substituents is 1. The zero-order valence-corrected chi connectivity index (χ0v) is 13.8. The van der Waals surface area contributed by atoms with Gasteiger partial charge in [-0.1, -0.05) is 12.1 Å². The second kappa shape index (κ2) is 6.79. The number of nitrogens with one attached hydrogen (secondary N) is 1. The highest BCUT2D eigenvalue weighted by molar-refractivity contribution is 6.08. The van der Waals surface area contributed by atoms with E-state index in [0.717, 1.165) is 4.90 Å². The van der Waals surface area contributed by atoms with Crippen LogP contribution in [0.4, 0.5) is 5.69 Å². The van der Waals surface area contributed by atoms with Crippen molar-refractivity contribution in [2.75, 3.05) is 27.2 Å². The monoisotopic (exact) mass is 334 g/mol. The van der Waals surface area contributed by atoms with Gasteiger partial charge in [-0.25, -0.2) is 0 Å². The largest absolute Gasteiger partial charge is 0.503 e. The van der Waals surface area contributed by atoms with E-state index in [1.807, 2.05) is 14.1 Å². The maximum Gasteiger partial charge on any atom is 0.290 e. The number of likely N-dealkylation sites (N-methyl/N-ethyl adjacent to an activating group) is 1. The molecule has 24 heavy (non-hydrogen) atoms. The van der Waals surface area contributed by atoms with E-state index in [1.165, 1.54) is 30.0 Å². The first-order chi connectivity index (χ1) is 11.2. The van der Waals surface area contributed by atoms with Gasteiger partial charge in [0.05, 0.1) is 43.7 Å². The van der Waals surface area contributed by atoms with Crippen LogP contribution in [-0.4, -0.2) is 53.8 Å². The molecule has 0 fully saturated rings. The van der Waals surface area contributed by atoms with Crippen LogP contribution < -0.4 is 4.90 Å². The van der Waals surface area contributed by atoms with Gasteiger partial charge in [-0.05, 0) is 12.5 Å². The summed E-state index contributed by atoms with van der Waals surface area (Å²) in [4.78, 5) is 37.3. The number of rotatable bonds is 6. The van der Waals surface area contributed by atoms with Crippen LogP contribution >= 0.6 is 0 Å². The Morgan fingerprint density at radius 2 is 2.08 bits per heavy atom. The Labute approximate surface area is 139 Å². The summed E-state index contributed by atoms with van der Waals surface area (Å²) >= 11 is 0. The van der Waals surface area contributed by atoms with Gasteiger partial charge in [-0.15, -0.1) is 0 Å². The number of carbonyl (C=O) groups excluding carboxylic acids is 2. The van der Waals surface area contributed by atoms with E-state index in [0.29, 0.717) is 18.7 Å². The molecule has 128 valence electrons. The lowest BCUT2D eigenvalue weighted by atomic mass is 9.96. The van der Waals surface area contributed by atoms with Crippen molar-refractivity contribution in [2.45, 2.75) is 13.0 Å². The number of hydrogen-bond acceptors (Lipinski definition) is 5. The van der Waals surface area contributed by atoms with E-state index in [1.54, 1.807) is 6.07 Å². The van der Waals surface area contributed by atoms with Gasteiger partial charge in [0.2, 0.25) is 0 Å². The number of quaternary nitrogens is 1. The van der Waals surface area contributed by atoms with Crippen molar-refractivity contribution < 1.29 is 24.5 Å². The van der Waals surface area contributed by atoms with Crippen molar-refractivity contribution in [3.8, 4) is 0 Å². The number of nitro benzene ring substituents is 1. The molecule has 1 amide bonds. The van der Waals surface area contributed by atoms with Crippen LogP contribution in [0.2, 0.25) is 0 Å². The minimum atomic E-state index is -0.811. The van der Waals surface area contributed by atoms with Crippen molar-refractivity contribution in [2.24, 2.45) is 0 Å². The number of benzene rings is 1. The van der Waals surface area contributed by atoms with Crippen molar-refractivity contribution in [1.29, 1.82) is 0 Å². The Morgan fingerprint density at radius 1 is 1.42 bits per heavy atom. The summed E-state index contributed by atoms with van der Waals surface area (Å²) in [6, 6.07) is 4.97. The molecule has 0 radical (unpaired) electrons. The van der Waals surface area contributed by atoms with Crippen LogP contribution in [0.5, 0.6) is 0 Å². The SMILES string of the molecule is CC(=O)C1=C(O)C(=O)N(CC[NH+](C)C)[C@@H]1c1cccc([N+](=O)[O-])c1. The molecule has 0 aromatic heterocycles. The third-order valence-electron chi connectivity index (χ3n) is 3.93. The molecule has 0 saturated carbocycles. The second-order valence-electron chi connectivity index (χ2n) is 6.03. The van der Waals surface area contributed by atoms with Crippen molar-refractivity contribution in [1.82, 2.24) is 4.90 Å². The van der Waals surface area contributed by atoms with E-state index in [4.69, 9.17) is 0 Å². The van der Waals surface area contributed by atoms with Gasteiger partial charge in [-0.2, -0.15) is 0 Å². The highest BCUT2D eigenvalue weighted by atomic mass is 16.6. The molecule has 0 saturated heterocycles. The molecule has 0 aliphatic carbocycles. The average Bonchev–Trinajstić information content (AvgIpc) is 2.77. The average molecular weight is 334 g/mol. The minimum Gasteiger partial charge on any atom is -0.503 e. The highest BCUT2D eigenvalue weighted by Gasteiger charge is 2.42. The van der Waals surface area contributed by atoms with Crippen molar-refractivity contribution in [3.05, 3.63) is 51.3 Å². The highest BCUT2D eigenvalue weighted by Crippen LogP contribution is 2.38. The molecule has 2 N–H and O–H groups in total. The Bertz CT molecular complexity index is 726. The van der Waals surface area contributed by atoms with Crippen LogP contribution in [0, 0.1) is 10.1 Å². The van der Waals surface area contributed by atoms with Gasteiger partial charge in [-0.3, -0.25) is 19.7 Å². The third kappa shape index (κ3) is 3.28. The topological polar surface area (TPSA) is 105 Å². The normalized spacial score (nSPS) is 17.8. The zero-order chi connectivity index (χ0) is 18.0. The standard InChI is InChI=1S/C16H19N3O5/c1-10(20)13-14(11-5-4-6-12(9-11)19(23)24)18(8-7-17(2)3)16(22)15(13)21/h4-6,9,14,21H,7-8H2,1-3H3/p+1/t14-/m1/s1. The lowest BCUT2D eigenvalue weighted by molar-refractivity contribution is -0.857. The fourth-order valence-electron chi connectivity index (χ4n) is 2.74. The molecule has 1 aromatic carbocycles. The molecule has 0 bridgehead atoms. The van der Waals surface area contributed by atoms with Crippen LogP contribution in [-0.2, 0) is 9.59 Å². The Kier molecular flexibility index (Phi) is 4.99. The Hall–Kier alpha value is -2.74. The number of Topliss-reactive ketones (excluding diaryl/α,β-unsaturated/α-hetero) is 1. The molecular weight excluding hydrogens is 314 g/mol. The molecule has 0 spiro atoms. The van der Waals surface area contributed by atoms with Crippen molar-refractivity contribution in [3.63, 3.8) is 0 Å². The summed E-state index contributed by atoms with van der Waals surface area (Å²) in [6.45, 7) is 2.19. The first-order valence-electron chi connectivity index (χ1n) is 7.52. The summed E-state index contributed by atoms with van der Waals surface area (Å²) in [5.74, 6) is -1.64. The van der Waals surface area contributed by atoms with E-state index in [-0.39, 0.29) is 11.3 Å². The number of carbonyl (C=O) groups is 2. The summed E-state index contributed by atoms with van der Waals surface area (Å²) in [5, 5.41) is 21.1. The number of amides is 1. The molecule has 1 aliphatic heterocycles. The summed E-state index contributed by atoms with van der Waals surface area (Å²) < 4.78 is 0. The summed E-state index contributed by atoms with van der Waals surface area (Å²) in [5.41, 5.74) is 0.280. The fourth-order valence-corrected chi connectivity index (χ4v) is 2.74.